The third kappa shape index (κ3) is 3.93. The highest BCUT2D eigenvalue weighted by Crippen LogP contribution is 2.35. The van der Waals surface area contributed by atoms with Crippen LogP contribution in [0.1, 0.15) is 11.1 Å². The van der Waals surface area contributed by atoms with E-state index in [9.17, 15) is 13.2 Å². The standard InChI is InChI=1S/C13H11BrF3N3/c14-10-6-11(13(15,16)17)12(20-8-10)19-5-3-9-2-1-4-18-7-9/h1-2,4,6-8H,3,5H2,(H,19,20). The topological polar surface area (TPSA) is 37.8 Å². The van der Waals surface area contributed by atoms with Crippen LogP contribution in [0, 0.1) is 0 Å². The minimum atomic E-state index is -4.44. The Morgan fingerprint density at radius 2 is 2.05 bits per heavy atom. The minimum Gasteiger partial charge on any atom is -0.369 e. The average molecular weight is 346 g/mol. The largest absolute Gasteiger partial charge is 0.419 e. The Labute approximate surface area is 122 Å². The van der Waals surface area contributed by atoms with E-state index in [0.29, 0.717) is 17.4 Å². The number of anilines is 1. The molecular weight excluding hydrogens is 335 g/mol. The number of hydrogen-bond acceptors (Lipinski definition) is 3. The zero-order valence-electron chi connectivity index (χ0n) is 10.3. The van der Waals surface area contributed by atoms with Crippen molar-refractivity contribution in [3.8, 4) is 0 Å². The van der Waals surface area contributed by atoms with Gasteiger partial charge in [0.15, 0.2) is 0 Å². The normalized spacial score (nSPS) is 11.4. The summed E-state index contributed by atoms with van der Waals surface area (Å²) in [4.78, 5) is 7.73. The van der Waals surface area contributed by atoms with E-state index < -0.39 is 11.7 Å². The third-order valence-electron chi connectivity index (χ3n) is 2.59. The summed E-state index contributed by atoms with van der Waals surface area (Å²) in [6.07, 6.45) is 0.800. The first-order chi connectivity index (χ1) is 9.47. The Morgan fingerprint density at radius 3 is 2.70 bits per heavy atom. The Balaban J connectivity index is 2.06. The van der Waals surface area contributed by atoms with Crippen molar-refractivity contribution in [2.75, 3.05) is 11.9 Å². The smallest absolute Gasteiger partial charge is 0.369 e. The highest BCUT2D eigenvalue weighted by molar-refractivity contribution is 9.10. The van der Waals surface area contributed by atoms with E-state index in [0.717, 1.165) is 11.6 Å². The predicted molar refractivity (Wildman–Crippen MR) is 73.4 cm³/mol. The molecule has 0 unspecified atom stereocenters. The maximum Gasteiger partial charge on any atom is 0.419 e. The quantitative estimate of drug-likeness (QED) is 0.912. The molecule has 0 saturated heterocycles. The minimum absolute atomic E-state index is 0.162. The maximum atomic E-state index is 12.9. The van der Waals surface area contributed by atoms with E-state index in [-0.39, 0.29) is 5.82 Å². The summed E-state index contributed by atoms with van der Waals surface area (Å²) in [5.41, 5.74) is 0.170. The fourth-order valence-electron chi connectivity index (χ4n) is 1.67. The molecule has 3 nitrogen and oxygen atoms in total. The Hall–Kier alpha value is -1.63. The highest BCUT2D eigenvalue weighted by Gasteiger charge is 2.34. The van der Waals surface area contributed by atoms with E-state index >= 15 is 0 Å². The number of alkyl halides is 3. The number of rotatable bonds is 4. The fraction of sp³-hybridized carbons (Fsp3) is 0.231. The first-order valence-corrected chi connectivity index (χ1v) is 6.61. The summed E-state index contributed by atoms with van der Waals surface area (Å²) < 4.78 is 38.9. The van der Waals surface area contributed by atoms with Crippen molar-refractivity contribution in [3.63, 3.8) is 0 Å². The second kappa shape index (κ2) is 6.21. The van der Waals surface area contributed by atoms with Crippen molar-refractivity contribution in [2.24, 2.45) is 0 Å². The van der Waals surface area contributed by atoms with Crippen LogP contribution in [0.5, 0.6) is 0 Å². The van der Waals surface area contributed by atoms with Crippen molar-refractivity contribution in [2.45, 2.75) is 12.6 Å². The van der Waals surface area contributed by atoms with E-state index in [1.165, 1.54) is 6.20 Å². The molecule has 1 N–H and O–H groups in total. The van der Waals surface area contributed by atoms with Crippen LogP contribution in [0.25, 0.3) is 0 Å². The first-order valence-electron chi connectivity index (χ1n) is 5.82. The molecular formula is C13H11BrF3N3. The summed E-state index contributed by atoms with van der Waals surface area (Å²) in [6.45, 7) is 0.351. The molecule has 20 heavy (non-hydrogen) atoms. The monoisotopic (exact) mass is 345 g/mol. The molecule has 0 aliphatic carbocycles. The van der Waals surface area contributed by atoms with E-state index in [4.69, 9.17) is 0 Å². The number of aromatic nitrogens is 2. The summed E-state index contributed by atoms with van der Waals surface area (Å²) in [7, 11) is 0. The van der Waals surface area contributed by atoms with Gasteiger partial charge in [0.25, 0.3) is 0 Å². The Bertz CT molecular complexity index is 573. The molecule has 0 fully saturated rings. The third-order valence-corrected chi connectivity index (χ3v) is 3.02. The molecule has 0 atom stereocenters. The number of halogens is 4. The molecule has 0 aliphatic rings. The zero-order valence-corrected chi connectivity index (χ0v) is 11.9. The molecule has 0 saturated carbocycles. The molecule has 0 aromatic carbocycles. The predicted octanol–water partition coefficient (Wildman–Crippen LogP) is 3.91. The van der Waals surface area contributed by atoms with Gasteiger partial charge in [-0.25, -0.2) is 4.98 Å². The number of hydrogen-bond donors (Lipinski definition) is 1. The van der Waals surface area contributed by atoms with Crippen LogP contribution in [0.15, 0.2) is 41.3 Å². The summed E-state index contributed by atoms with van der Waals surface area (Å²) >= 11 is 3.00. The van der Waals surface area contributed by atoms with Gasteiger partial charge >= 0.3 is 6.18 Å². The maximum absolute atomic E-state index is 12.9. The lowest BCUT2D eigenvalue weighted by atomic mass is 10.2. The lowest BCUT2D eigenvalue weighted by Crippen LogP contribution is -2.14. The molecule has 2 aromatic heterocycles. The van der Waals surface area contributed by atoms with Crippen molar-refractivity contribution >= 4 is 21.7 Å². The molecule has 106 valence electrons. The van der Waals surface area contributed by atoms with Gasteiger partial charge in [0.1, 0.15) is 5.82 Å². The van der Waals surface area contributed by atoms with E-state index in [1.54, 1.807) is 18.5 Å². The van der Waals surface area contributed by atoms with Crippen molar-refractivity contribution in [1.29, 1.82) is 0 Å². The van der Waals surface area contributed by atoms with Gasteiger partial charge < -0.3 is 5.32 Å². The molecule has 2 aromatic rings. The SMILES string of the molecule is FC(F)(F)c1cc(Br)cnc1NCCc1cccnc1. The van der Waals surface area contributed by atoms with Crippen LogP contribution in [0.4, 0.5) is 19.0 Å². The molecule has 0 amide bonds. The van der Waals surface area contributed by atoms with Gasteiger partial charge in [0.2, 0.25) is 0 Å². The van der Waals surface area contributed by atoms with Crippen molar-refractivity contribution in [1.82, 2.24) is 9.97 Å². The molecule has 2 heterocycles. The van der Waals surface area contributed by atoms with Gasteiger partial charge in [0.05, 0.1) is 5.56 Å². The number of nitrogens with zero attached hydrogens (tertiary/aromatic N) is 2. The average Bonchev–Trinajstić information content (AvgIpc) is 2.40. The lowest BCUT2D eigenvalue weighted by molar-refractivity contribution is -0.137. The number of nitrogens with one attached hydrogen (secondary N) is 1. The van der Waals surface area contributed by atoms with Crippen LogP contribution >= 0.6 is 15.9 Å². The second-order valence-electron chi connectivity index (χ2n) is 4.09. The van der Waals surface area contributed by atoms with E-state index in [1.807, 2.05) is 6.07 Å². The van der Waals surface area contributed by atoms with Crippen LogP contribution in [0.3, 0.4) is 0 Å². The Kier molecular flexibility index (Phi) is 4.59. The Morgan fingerprint density at radius 1 is 1.25 bits per heavy atom. The van der Waals surface area contributed by atoms with Gasteiger partial charge in [0, 0.05) is 29.6 Å². The van der Waals surface area contributed by atoms with Gasteiger partial charge in [-0.2, -0.15) is 13.2 Å². The molecule has 0 radical (unpaired) electrons. The zero-order chi connectivity index (χ0) is 14.6. The molecule has 2 rings (SSSR count). The summed E-state index contributed by atoms with van der Waals surface area (Å²) in [5.74, 6) is -0.162. The van der Waals surface area contributed by atoms with Gasteiger partial charge in [-0.3, -0.25) is 4.98 Å². The van der Waals surface area contributed by atoms with Gasteiger partial charge in [-0.05, 0) is 40.0 Å². The van der Waals surface area contributed by atoms with E-state index in [2.05, 4.69) is 31.2 Å². The van der Waals surface area contributed by atoms with Gasteiger partial charge in [-0.1, -0.05) is 6.07 Å². The summed E-state index contributed by atoms with van der Waals surface area (Å²) in [5, 5.41) is 2.72. The highest BCUT2D eigenvalue weighted by atomic mass is 79.9. The second-order valence-corrected chi connectivity index (χ2v) is 5.00. The van der Waals surface area contributed by atoms with Crippen molar-refractivity contribution < 1.29 is 13.2 Å². The van der Waals surface area contributed by atoms with Crippen LogP contribution in [-0.2, 0) is 12.6 Å². The van der Waals surface area contributed by atoms with Crippen molar-refractivity contribution in [3.05, 3.63) is 52.4 Å². The molecule has 0 aliphatic heterocycles. The summed E-state index contributed by atoms with van der Waals surface area (Å²) in [6, 6.07) is 4.67. The first kappa shape index (κ1) is 14.8. The van der Waals surface area contributed by atoms with Crippen LogP contribution in [-0.4, -0.2) is 16.5 Å². The van der Waals surface area contributed by atoms with Gasteiger partial charge in [-0.15, -0.1) is 0 Å². The number of pyridine rings is 2. The molecule has 0 bridgehead atoms. The molecule has 0 spiro atoms. The lowest BCUT2D eigenvalue weighted by Gasteiger charge is -2.13. The molecule has 7 heteroatoms. The van der Waals surface area contributed by atoms with Crippen LogP contribution in [0.2, 0.25) is 0 Å². The fourth-order valence-corrected chi connectivity index (χ4v) is 2.00. The van der Waals surface area contributed by atoms with Crippen LogP contribution < -0.4 is 5.32 Å².